The van der Waals surface area contributed by atoms with Crippen LogP contribution in [0.3, 0.4) is 0 Å². The van der Waals surface area contributed by atoms with E-state index in [4.69, 9.17) is 4.74 Å². The van der Waals surface area contributed by atoms with E-state index in [-0.39, 0.29) is 12.1 Å². The Morgan fingerprint density at radius 1 is 1.56 bits per heavy atom. The highest BCUT2D eigenvalue weighted by atomic mass is 16.6. The quantitative estimate of drug-likeness (QED) is 0.784. The minimum absolute atomic E-state index is 0.215. The van der Waals surface area contributed by atoms with Crippen LogP contribution in [0.25, 0.3) is 0 Å². The fraction of sp³-hybridized carbons (Fsp3) is 0.750. The van der Waals surface area contributed by atoms with Crippen molar-refractivity contribution in [2.24, 2.45) is 0 Å². The Morgan fingerprint density at radius 2 is 2.19 bits per heavy atom. The van der Waals surface area contributed by atoms with Crippen LogP contribution in [0, 0.1) is 0 Å². The Kier molecular flexibility index (Phi) is 3.83. The molecule has 4 heteroatoms. The molecule has 4 nitrogen and oxygen atoms in total. The van der Waals surface area contributed by atoms with E-state index in [0.717, 1.165) is 6.42 Å². The SMILES string of the molecule is C=CN[C@@H]1C[C@@H](C)N(C(=O)OC(C)(C)C)C1. The molecule has 1 rings (SSSR count). The van der Waals surface area contributed by atoms with Crippen molar-refractivity contribution in [3.8, 4) is 0 Å². The van der Waals surface area contributed by atoms with E-state index in [2.05, 4.69) is 11.9 Å². The van der Waals surface area contributed by atoms with Gasteiger partial charge in [0.1, 0.15) is 5.60 Å². The van der Waals surface area contributed by atoms with Gasteiger partial charge in [-0.1, -0.05) is 6.58 Å². The van der Waals surface area contributed by atoms with Gasteiger partial charge < -0.3 is 15.0 Å². The van der Waals surface area contributed by atoms with Crippen molar-refractivity contribution in [3.05, 3.63) is 12.8 Å². The molecule has 0 bridgehead atoms. The first kappa shape index (κ1) is 12.9. The van der Waals surface area contributed by atoms with Crippen LogP contribution in [0.1, 0.15) is 34.1 Å². The zero-order chi connectivity index (χ0) is 12.3. The summed E-state index contributed by atoms with van der Waals surface area (Å²) in [7, 11) is 0. The summed E-state index contributed by atoms with van der Waals surface area (Å²) in [4.78, 5) is 13.6. The van der Waals surface area contributed by atoms with Crippen LogP contribution in [0.15, 0.2) is 12.8 Å². The van der Waals surface area contributed by atoms with Crippen LogP contribution in [0.5, 0.6) is 0 Å². The highest BCUT2D eigenvalue weighted by Crippen LogP contribution is 2.20. The number of likely N-dealkylation sites (tertiary alicyclic amines) is 1. The number of amides is 1. The van der Waals surface area contributed by atoms with Crippen LogP contribution in [0.2, 0.25) is 0 Å². The van der Waals surface area contributed by atoms with Gasteiger partial charge in [0.2, 0.25) is 0 Å². The van der Waals surface area contributed by atoms with E-state index in [1.807, 2.05) is 27.7 Å². The minimum Gasteiger partial charge on any atom is -0.444 e. The van der Waals surface area contributed by atoms with Crippen LogP contribution >= 0.6 is 0 Å². The lowest BCUT2D eigenvalue weighted by Gasteiger charge is -2.26. The highest BCUT2D eigenvalue weighted by Gasteiger charge is 2.34. The molecule has 0 saturated carbocycles. The van der Waals surface area contributed by atoms with Gasteiger partial charge in [0.25, 0.3) is 0 Å². The van der Waals surface area contributed by atoms with Crippen LogP contribution in [0.4, 0.5) is 4.79 Å². The van der Waals surface area contributed by atoms with E-state index in [0.29, 0.717) is 12.6 Å². The van der Waals surface area contributed by atoms with E-state index in [9.17, 15) is 4.79 Å². The number of carbonyl (C=O) groups excluding carboxylic acids is 1. The summed E-state index contributed by atoms with van der Waals surface area (Å²) in [6.07, 6.45) is 2.38. The van der Waals surface area contributed by atoms with E-state index in [1.165, 1.54) is 0 Å². The van der Waals surface area contributed by atoms with Gasteiger partial charge in [-0.05, 0) is 40.3 Å². The molecular formula is C12H22N2O2. The molecule has 1 aliphatic heterocycles. The lowest BCUT2D eigenvalue weighted by atomic mass is 10.2. The maximum Gasteiger partial charge on any atom is 0.410 e. The molecule has 1 aliphatic rings. The Balaban J connectivity index is 2.54. The second-order valence-electron chi connectivity index (χ2n) is 5.29. The molecule has 0 aliphatic carbocycles. The first-order valence-electron chi connectivity index (χ1n) is 5.70. The molecule has 0 unspecified atom stereocenters. The van der Waals surface area contributed by atoms with Crippen molar-refractivity contribution < 1.29 is 9.53 Å². The van der Waals surface area contributed by atoms with Gasteiger partial charge >= 0.3 is 6.09 Å². The lowest BCUT2D eigenvalue weighted by Crippen LogP contribution is -2.39. The van der Waals surface area contributed by atoms with Crippen molar-refractivity contribution in [1.29, 1.82) is 0 Å². The first-order valence-corrected chi connectivity index (χ1v) is 5.70. The van der Waals surface area contributed by atoms with E-state index >= 15 is 0 Å². The van der Waals surface area contributed by atoms with Crippen molar-refractivity contribution in [2.75, 3.05) is 6.54 Å². The van der Waals surface area contributed by atoms with Gasteiger partial charge in [0.15, 0.2) is 0 Å². The molecule has 2 atom stereocenters. The van der Waals surface area contributed by atoms with Crippen LogP contribution in [-0.4, -0.2) is 35.2 Å². The molecule has 1 heterocycles. The minimum atomic E-state index is -0.430. The van der Waals surface area contributed by atoms with Gasteiger partial charge in [-0.25, -0.2) is 4.79 Å². The maximum absolute atomic E-state index is 11.9. The van der Waals surface area contributed by atoms with Gasteiger partial charge in [0, 0.05) is 18.6 Å². The molecule has 0 aromatic rings. The molecule has 0 aromatic heterocycles. The Hall–Kier alpha value is -1.19. The molecular weight excluding hydrogens is 204 g/mol. The van der Waals surface area contributed by atoms with Gasteiger partial charge in [-0.3, -0.25) is 0 Å². The number of rotatable bonds is 2. The molecule has 1 saturated heterocycles. The molecule has 92 valence electrons. The largest absolute Gasteiger partial charge is 0.444 e. The number of hydrogen-bond acceptors (Lipinski definition) is 3. The second-order valence-corrected chi connectivity index (χ2v) is 5.29. The summed E-state index contributed by atoms with van der Waals surface area (Å²) < 4.78 is 5.35. The Labute approximate surface area is 97.6 Å². The number of hydrogen-bond donors (Lipinski definition) is 1. The second kappa shape index (κ2) is 4.76. The lowest BCUT2D eigenvalue weighted by molar-refractivity contribution is 0.0236. The number of nitrogens with zero attached hydrogens (tertiary/aromatic N) is 1. The zero-order valence-corrected chi connectivity index (χ0v) is 10.6. The molecule has 1 amide bonds. The molecule has 0 aromatic carbocycles. The topological polar surface area (TPSA) is 41.6 Å². The smallest absolute Gasteiger partial charge is 0.410 e. The van der Waals surface area contributed by atoms with Crippen LogP contribution in [-0.2, 0) is 4.74 Å². The average Bonchev–Trinajstić information content (AvgIpc) is 2.44. The summed E-state index contributed by atoms with van der Waals surface area (Å²) in [6, 6.07) is 0.507. The van der Waals surface area contributed by atoms with Gasteiger partial charge in [0.05, 0.1) is 0 Å². The number of ether oxygens (including phenoxy) is 1. The van der Waals surface area contributed by atoms with Crippen molar-refractivity contribution in [1.82, 2.24) is 10.2 Å². The third-order valence-corrected chi connectivity index (χ3v) is 2.56. The monoisotopic (exact) mass is 226 g/mol. The Morgan fingerprint density at radius 3 is 2.69 bits per heavy atom. The van der Waals surface area contributed by atoms with E-state index in [1.54, 1.807) is 11.1 Å². The summed E-state index contributed by atoms with van der Waals surface area (Å²) in [5.74, 6) is 0. The maximum atomic E-state index is 11.9. The van der Waals surface area contributed by atoms with Gasteiger partial charge in [-0.15, -0.1) is 0 Å². The first-order chi connectivity index (χ1) is 7.33. The zero-order valence-electron chi connectivity index (χ0n) is 10.6. The van der Waals surface area contributed by atoms with Gasteiger partial charge in [-0.2, -0.15) is 0 Å². The molecule has 0 spiro atoms. The van der Waals surface area contributed by atoms with Crippen LogP contribution < -0.4 is 5.32 Å². The predicted molar refractivity (Wildman–Crippen MR) is 64.1 cm³/mol. The number of nitrogens with one attached hydrogen (secondary N) is 1. The Bertz CT molecular complexity index is 271. The molecule has 1 fully saturated rings. The fourth-order valence-electron chi connectivity index (χ4n) is 1.89. The molecule has 16 heavy (non-hydrogen) atoms. The normalized spacial score (nSPS) is 25.4. The number of carbonyl (C=O) groups is 1. The van der Waals surface area contributed by atoms with Crippen molar-refractivity contribution in [2.45, 2.75) is 51.8 Å². The standard InChI is InChI=1S/C12H22N2O2/c1-6-13-10-7-9(2)14(8-10)11(15)16-12(3,4)5/h6,9-10,13H,1,7-8H2,2-5H3/t9-,10-/m1/s1. The third-order valence-electron chi connectivity index (χ3n) is 2.56. The summed E-state index contributed by atoms with van der Waals surface area (Å²) in [6.45, 7) is 12.0. The summed E-state index contributed by atoms with van der Waals surface area (Å²) in [5, 5.41) is 3.14. The summed E-state index contributed by atoms with van der Waals surface area (Å²) in [5.41, 5.74) is -0.430. The molecule has 1 N–H and O–H groups in total. The average molecular weight is 226 g/mol. The van der Waals surface area contributed by atoms with E-state index < -0.39 is 5.60 Å². The van der Waals surface area contributed by atoms with Crippen molar-refractivity contribution in [3.63, 3.8) is 0 Å². The summed E-state index contributed by atoms with van der Waals surface area (Å²) >= 11 is 0. The highest BCUT2D eigenvalue weighted by molar-refractivity contribution is 5.69. The molecule has 0 radical (unpaired) electrons. The fourth-order valence-corrected chi connectivity index (χ4v) is 1.89. The van der Waals surface area contributed by atoms with Crippen molar-refractivity contribution >= 4 is 6.09 Å². The predicted octanol–water partition coefficient (Wildman–Crippen LogP) is 2.12. The third kappa shape index (κ3) is 3.43.